The molecule has 0 aromatic carbocycles. The Morgan fingerprint density at radius 1 is 1.70 bits per heavy atom. The van der Waals surface area contributed by atoms with Crippen molar-refractivity contribution in [2.45, 2.75) is 0 Å². The minimum absolute atomic E-state index is 0. The van der Waals surface area contributed by atoms with Crippen LogP contribution in [0.2, 0.25) is 0 Å². The predicted molar refractivity (Wildman–Crippen MR) is 29.7 cm³/mol. The fourth-order valence-corrected chi connectivity index (χ4v) is 0.504. The van der Waals surface area contributed by atoms with Crippen molar-refractivity contribution < 1.29 is 61.3 Å². The summed E-state index contributed by atoms with van der Waals surface area (Å²) in [5.74, 6) is 0. The van der Waals surface area contributed by atoms with Gasteiger partial charge < -0.3 is 14.8 Å². The Bertz CT molecular complexity index is 178. The van der Waals surface area contributed by atoms with Gasteiger partial charge in [0.2, 0.25) is 0 Å². The van der Waals surface area contributed by atoms with Crippen LogP contribution in [0.4, 0.5) is 4.79 Å². The van der Waals surface area contributed by atoms with Gasteiger partial charge in [-0.1, -0.05) is 0 Å². The quantitative estimate of drug-likeness (QED) is 0.345. The summed E-state index contributed by atoms with van der Waals surface area (Å²) in [6.07, 6.45) is 3.27. The fourth-order valence-electron chi connectivity index (χ4n) is 0.504. The van der Waals surface area contributed by atoms with Crippen molar-refractivity contribution in [1.82, 2.24) is 4.90 Å². The number of amides is 1. The second-order valence-electron chi connectivity index (χ2n) is 1.55. The SMILES string of the molecule is O=C([O-])N1C=CC=NC1.[K+]. The Hall–Kier alpha value is 0.316. The minimum Gasteiger partial charge on any atom is -0.530 e. The summed E-state index contributed by atoms with van der Waals surface area (Å²) >= 11 is 0. The molecule has 1 aliphatic rings. The molecule has 1 aliphatic heterocycles. The van der Waals surface area contributed by atoms with E-state index in [1.165, 1.54) is 6.20 Å². The van der Waals surface area contributed by atoms with Crippen LogP contribution in [0.5, 0.6) is 0 Å². The molecule has 0 fully saturated rings. The van der Waals surface area contributed by atoms with Crippen LogP contribution in [0.15, 0.2) is 17.3 Å². The number of carboxylic acid groups (broad SMARTS) is 1. The molecular weight excluding hydrogens is 159 g/mol. The maximum atomic E-state index is 10.0. The smallest absolute Gasteiger partial charge is 0.530 e. The van der Waals surface area contributed by atoms with Crippen molar-refractivity contribution in [2.75, 3.05) is 6.67 Å². The molecule has 0 N–H and O–H groups in total. The van der Waals surface area contributed by atoms with E-state index in [0.29, 0.717) is 0 Å². The second-order valence-corrected chi connectivity index (χ2v) is 1.55. The Morgan fingerprint density at radius 2 is 2.40 bits per heavy atom. The van der Waals surface area contributed by atoms with Gasteiger partial charge >= 0.3 is 51.4 Å². The first kappa shape index (κ1) is 10.3. The average molecular weight is 164 g/mol. The molecule has 5 heteroatoms. The van der Waals surface area contributed by atoms with E-state index < -0.39 is 6.09 Å². The van der Waals surface area contributed by atoms with Crippen molar-refractivity contribution in [1.29, 1.82) is 0 Å². The predicted octanol–water partition coefficient (Wildman–Crippen LogP) is -3.81. The van der Waals surface area contributed by atoms with E-state index in [4.69, 9.17) is 0 Å². The van der Waals surface area contributed by atoms with Crippen LogP contribution in [0, 0.1) is 0 Å². The monoisotopic (exact) mass is 164 g/mol. The van der Waals surface area contributed by atoms with Gasteiger partial charge in [-0.25, -0.2) is 0 Å². The third-order valence-corrected chi connectivity index (χ3v) is 0.926. The van der Waals surface area contributed by atoms with E-state index in [9.17, 15) is 9.90 Å². The van der Waals surface area contributed by atoms with Gasteiger partial charge in [-0.3, -0.25) is 4.99 Å². The number of aliphatic imine (C=N–C) groups is 1. The van der Waals surface area contributed by atoms with Crippen molar-refractivity contribution in [2.24, 2.45) is 4.99 Å². The van der Waals surface area contributed by atoms with Crippen molar-refractivity contribution >= 4 is 12.3 Å². The van der Waals surface area contributed by atoms with Crippen molar-refractivity contribution in [3.8, 4) is 0 Å². The topological polar surface area (TPSA) is 55.7 Å². The number of hydrogen-bond donors (Lipinski definition) is 0. The Balaban J connectivity index is 0.000000810. The molecule has 0 aromatic heterocycles. The Kier molecular flexibility index (Phi) is 5.19. The average Bonchev–Trinajstić information content (AvgIpc) is 1.90. The number of nitrogens with zero attached hydrogens (tertiary/aromatic N) is 2. The molecule has 0 radical (unpaired) electrons. The zero-order chi connectivity index (χ0) is 6.69. The first-order valence-corrected chi connectivity index (χ1v) is 2.45. The molecule has 0 aromatic rings. The van der Waals surface area contributed by atoms with E-state index >= 15 is 0 Å². The summed E-state index contributed by atoms with van der Waals surface area (Å²) in [5.41, 5.74) is 0. The summed E-state index contributed by atoms with van der Waals surface area (Å²) in [6.45, 7) is 0.152. The zero-order valence-electron chi connectivity index (χ0n) is 5.65. The Morgan fingerprint density at radius 3 is 2.70 bits per heavy atom. The summed E-state index contributed by atoms with van der Waals surface area (Å²) in [6, 6.07) is 0. The minimum atomic E-state index is -1.22. The fraction of sp³-hybridized carbons (Fsp3) is 0.200. The zero-order valence-corrected chi connectivity index (χ0v) is 8.77. The van der Waals surface area contributed by atoms with Crippen molar-refractivity contribution in [3.05, 3.63) is 12.3 Å². The first-order chi connectivity index (χ1) is 4.30. The molecule has 0 bridgehead atoms. The number of carbonyl (C=O) groups is 1. The molecule has 1 rings (SSSR count). The van der Waals surface area contributed by atoms with Crippen LogP contribution in [0.3, 0.4) is 0 Å². The second kappa shape index (κ2) is 5.03. The summed E-state index contributed by atoms with van der Waals surface area (Å²) < 4.78 is 0. The van der Waals surface area contributed by atoms with Gasteiger partial charge in [0.1, 0.15) is 12.8 Å². The van der Waals surface area contributed by atoms with E-state index in [1.54, 1.807) is 12.3 Å². The third kappa shape index (κ3) is 2.93. The molecule has 48 valence electrons. The van der Waals surface area contributed by atoms with Gasteiger partial charge in [-0.2, -0.15) is 0 Å². The van der Waals surface area contributed by atoms with E-state index in [2.05, 4.69) is 4.99 Å². The van der Waals surface area contributed by atoms with Crippen LogP contribution in [-0.4, -0.2) is 23.9 Å². The molecule has 10 heavy (non-hydrogen) atoms. The number of carbonyl (C=O) groups excluding carboxylic acids is 1. The Labute approximate surface area is 101 Å². The van der Waals surface area contributed by atoms with E-state index in [1.807, 2.05) is 0 Å². The van der Waals surface area contributed by atoms with Crippen LogP contribution < -0.4 is 56.5 Å². The molecule has 1 amide bonds. The van der Waals surface area contributed by atoms with Crippen LogP contribution in [0.1, 0.15) is 0 Å². The number of hydrogen-bond acceptors (Lipinski definition) is 3. The molecule has 0 atom stereocenters. The van der Waals surface area contributed by atoms with Gasteiger partial charge in [0.25, 0.3) is 0 Å². The normalized spacial score (nSPS) is 14.6. The van der Waals surface area contributed by atoms with Gasteiger partial charge in [0.15, 0.2) is 0 Å². The molecule has 4 nitrogen and oxygen atoms in total. The van der Waals surface area contributed by atoms with Crippen LogP contribution in [0.25, 0.3) is 0 Å². The van der Waals surface area contributed by atoms with Gasteiger partial charge in [0.05, 0.1) is 0 Å². The molecule has 0 saturated heterocycles. The van der Waals surface area contributed by atoms with Gasteiger partial charge in [-0.05, 0) is 6.08 Å². The molecular formula is C5H5KN2O2. The molecule has 0 unspecified atom stereocenters. The summed E-state index contributed by atoms with van der Waals surface area (Å²) in [7, 11) is 0. The third-order valence-electron chi connectivity index (χ3n) is 0.926. The van der Waals surface area contributed by atoms with Crippen molar-refractivity contribution in [3.63, 3.8) is 0 Å². The number of allylic oxidation sites excluding steroid dienone is 1. The van der Waals surface area contributed by atoms with E-state index in [-0.39, 0.29) is 58.1 Å². The first-order valence-electron chi connectivity index (χ1n) is 2.45. The summed E-state index contributed by atoms with van der Waals surface area (Å²) in [5, 5.41) is 10.0. The molecule has 0 spiro atoms. The van der Waals surface area contributed by atoms with Gasteiger partial charge in [0, 0.05) is 12.4 Å². The largest absolute Gasteiger partial charge is 1.00 e. The maximum absolute atomic E-state index is 10.0. The van der Waals surface area contributed by atoms with E-state index in [0.717, 1.165) is 4.90 Å². The van der Waals surface area contributed by atoms with Crippen LogP contribution in [-0.2, 0) is 0 Å². The summed E-state index contributed by atoms with van der Waals surface area (Å²) in [4.78, 5) is 14.7. The number of rotatable bonds is 0. The van der Waals surface area contributed by atoms with Gasteiger partial charge in [-0.15, -0.1) is 0 Å². The molecule has 1 heterocycles. The molecule has 0 saturated carbocycles. The standard InChI is InChI=1S/C5H6N2O2.K/c8-5(9)7-3-1-2-6-4-7;/h1-3H,4H2,(H,8,9);/q;+1/p-1. The van der Waals surface area contributed by atoms with Crippen LogP contribution >= 0.6 is 0 Å². The maximum Gasteiger partial charge on any atom is 1.00 e. The molecule has 0 aliphatic carbocycles.